The maximum absolute atomic E-state index is 11.5. The molecule has 1 radical (unpaired) electrons. The van der Waals surface area contributed by atoms with Crippen molar-refractivity contribution < 1.29 is 4.79 Å². The van der Waals surface area contributed by atoms with E-state index in [1.165, 1.54) is 0 Å². The Morgan fingerprint density at radius 2 is 1.88 bits per heavy atom. The van der Waals surface area contributed by atoms with Gasteiger partial charge in [0, 0.05) is 23.1 Å². The minimum absolute atomic E-state index is 0.317. The molecule has 0 atom stereocenters. The van der Waals surface area contributed by atoms with Crippen LogP contribution in [0.5, 0.6) is 0 Å². The van der Waals surface area contributed by atoms with Gasteiger partial charge in [0.1, 0.15) is 0 Å². The third-order valence-corrected chi connectivity index (χ3v) is 3.54. The van der Waals surface area contributed by atoms with E-state index in [0.717, 1.165) is 16.9 Å². The van der Waals surface area contributed by atoms with Crippen LogP contribution < -0.4 is 21.7 Å². The summed E-state index contributed by atoms with van der Waals surface area (Å²) in [6.07, 6.45) is 3.20. The first-order valence-corrected chi connectivity index (χ1v) is 7.96. The predicted molar refractivity (Wildman–Crippen MR) is 99.7 cm³/mol. The van der Waals surface area contributed by atoms with Crippen molar-refractivity contribution in [3.8, 4) is 0 Å². The molecule has 2 heterocycles. The first-order valence-electron chi connectivity index (χ1n) is 7.96. The molecule has 0 aliphatic carbocycles. The predicted octanol–water partition coefficient (Wildman–Crippen LogP) is 2.53. The second-order valence-electron chi connectivity index (χ2n) is 5.73. The number of H-pyrrole nitrogens is 1. The maximum atomic E-state index is 11.5. The van der Waals surface area contributed by atoms with Crippen molar-refractivity contribution in [1.29, 1.82) is 0 Å². The molecule has 0 saturated heterocycles. The molecule has 3 rings (SSSR count). The summed E-state index contributed by atoms with van der Waals surface area (Å²) in [6, 6.07) is 7.42. The summed E-state index contributed by atoms with van der Waals surface area (Å²) < 4.78 is 0. The van der Waals surface area contributed by atoms with Gasteiger partial charge >= 0.3 is 0 Å². The van der Waals surface area contributed by atoms with E-state index in [1.54, 1.807) is 18.5 Å². The number of nitrogens with zero attached hydrogens (tertiary/aromatic N) is 3. The van der Waals surface area contributed by atoms with Gasteiger partial charge in [-0.3, -0.25) is 14.9 Å². The molecule has 26 heavy (non-hydrogen) atoms. The lowest BCUT2D eigenvalue weighted by Crippen LogP contribution is -2.17. The molecule has 9 nitrogen and oxygen atoms in total. The molecule has 5 N–H and O–H groups in total. The average molecular weight is 351 g/mol. The van der Waals surface area contributed by atoms with Crippen LogP contribution in [0.1, 0.15) is 11.3 Å². The fourth-order valence-electron chi connectivity index (χ4n) is 2.28. The Kier molecular flexibility index (Phi) is 5.09. The summed E-state index contributed by atoms with van der Waals surface area (Å²) in [5, 5.41) is 15.9. The molecule has 0 unspecified atom stereocenters. The van der Waals surface area contributed by atoms with Crippen molar-refractivity contribution in [2.75, 3.05) is 22.5 Å². The number of aryl methyl sites for hydroxylation is 2. The Morgan fingerprint density at radius 3 is 2.58 bits per heavy atom. The second kappa shape index (κ2) is 7.62. The summed E-state index contributed by atoms with van der Waals surface area (Å²) in [4.78, 5) is 20.1. The lowest BCUT2D eigenvalue weighted by molar-refractivity contribution is -0.115. The fraction of sp³-hybridized carbons (Fsp3) is 0.176. The third-order valence-electron chi connectivity index (χ3n) is 3.54. The molecule has 1 aromatic carbocycles. The van der Waals surface area contributed by atoms with Gasteiger partial charge in [-0.05, 0) is 31.5 Å². The van der Waals surface area contributed by atoms with Crippen LogP contribution in [-0.2, 0) is 4.79 Å². The van der Waals surface area contributed by atoms with Gasteiger partial charge in [0.15, 0.2) is 17.5 Å². The Morgan fingerprint density at radius 1 is 1.12 bits per heavy atom. The Bertz CT molecular complexity index is 921. The van der Waals surface area contributed by atoms with Gasteiger partial charge in [0.05, 0.1) is 18.9 Å². The van der Waals surface area contributed by atoms with E-state index >= 15 is 0 Å². The van der Waals surface area contributed by atoms with Crippen molar-refractivity contribution in [3.63, 3.8) is 0 Å². The van der Waals surface area contributed by atoms with Crippen molar-refractivity contribution in [3.05, 3.63) is 47.9 Å². The summed E-state index contributed by atoms with van der Waals surface area (Å²) in [7, 11) is 0. The van der Waals surface area contributed by atoms with Crippen LogP contribution in [0.4, 0.5) is 28.8 Å². The zero-order chi connectivity index (χ0) is 18.5. The summed E-state index contributed by atoms with van der Waals surface area (Å²) in [5.41, 5.74) is 10.4. The maximum Gasteiger partial charge on any atom is 0.239 e. The highest BCUT2D eigenvalue weighted by atomic mass is 16.1. The van der Waals surface area contributed by atoms with E-state index in [2.05, 4.69) is 36.1 Å². The van der Waals surface area contributed by atoms with E-state index in [1.807, 2.05) is 32.0 Å². The monoisotopic (exact) mass is 351 g/mol. The molecule has 3 aromatic rings. The van der Waals surface area contributed by atoms with Gasteiger partial charge in [0.2, 0.25) is 5.91 Å². The van der Waals surface area contributed by atoms with E-state index in [4.69, 9.17) is 5.73 Å². The minimum Gasteiger partial charge on any atom is -0.339 e. The quantitative estimate of drug-likeness (QED) is 0.539. The lowest BCUT2D eigenvalue weighted by Gasteiger charge is -2.11. The van der Waals surface area contributed by atoms with Crippen molar-refractivity contribution in [2.45, 2.75) is 13.8 Å². The number of aromatic amines is 1. The first kappa shape index (κ1) is 17.4. The highest BCUT2D eigenvalue weighted by molar-refractivity contribution is 5.93. The number of carbonyl (C=O) groups excluding carboxylic acids is 1. The molecule has 133 valence electrons. The van der Waals surface area contributed by atoms with Crippen LogP contribution in [0.25, 0.3) is 0 Å². The van der Waals surface area contributed by atoms with Crippen LogP contribution in [0.15, 0.2) is 36.7 Å². The van der Waals surface area contributed by atoms with Crippen LogP contribution in [0.2, 0.25) is 0 Å². The second-order valence-corrected chi connectivity index (χ2v) is 5.73. The molecule has 0 aliphatic rings. The number of carbonyl (C=O) groups is 1. The number of nitrogens with one attached hydrogen (secondary N) is 5. The molecular formula is C17H19N8O. The van der Waals surface area contributed by atoms with Crippen molar-refractivity contribution >= 4 is 34.7 Å². The number of amides is 1. The minimum atomic E-state index is -0.356. The average Bonchev–Trinajstić information content (AvgIpc) is 3.03. The number of hydrogen-bond donors (Lipinski definition) is 4. The Hall–Kier alpha value is -3.46. The van der Waals surface area contributed by atoms with Crippen molar-refractivity contribution in [1.82, 2.24) is 25.9 Å². The molecule has 2 aromatic heterocycles. The van der Waals surface area contributed by atoms with Gasteiger partial charge in [-0.25, -0.2) is 10.7 Å². The zero-order valence-corrected chi connectivity index (χ0v) is 14.4. The smallest absolute Gasteiger partial charge is 0.239 e. The van der Waals surface area contributed by atoms with Gasteiger partial charge in [-0.2, -0.15) is 5.10 Å². The van der Waals surface area contributed by atoms with Crippen LogP contribution in [-0.4, -0.2) is 32.6 Å². The number of rotatable bonds is 6. The SMILES string of the molecule is Cc1cc(Nc2cncc(Nc3ccc(C)c(NC(=O)C[NH])c3)n2)n[nH]1. The standard InChI is InChI=1S/C17H19N8O/c1-10-3-4-12(6-13(10)21-17(26)7-18)20-15-8-19-9-16(23-15)22-14-5-11(2)24-25-14/h3-6,8-9,18H,7H2,1-2H3,(H,21,26)(H3,20,22,23,24,25). The zero-order valence-electron chi connectivity index (χ0n) is 14.4. The molecular weight excluding hydrogens is 332 g/mol. The van der Waals surface area contributed by atoms with E-state index in [0.29, 0.717) is 23.1 Å². The number of hydrogen-bond acceptors (Lipinski definition) is 6. The highest BCUT2D eigenvalue weighted by Crippen LogP contribution is 2.23. The summed E-state index contributed by atoms with van der Waals surface area (Å²) >= 11 is 0. The van der Waals surface area contributed by atoms with Crippen molar-refractivity contribution in [2.24, 2.45) is 0 Å². The van der Waals surface area contributed by atoms with E-state index in [-0.39, 0.29) is 12.5 Å². The molecule has 0 aliphatic heterocycles. The first-order chi connectivity index (χ1) is 12.5. The molecule has 0 saturated carbocycles. The summed E-state index contributed by atoms with van der Waals surface area (Å²) in [6.45, 7) is 3.48. The van der Waals surface area contributed by atoms with Gasteiger partial charge in [-0.1, -0.05) is 6.07 Å². The van der Waals surface area contributed by atoms with Gasteiger partial charge < -0.3 is 16.0 Å². The topological polar surface area (TPSA) is 131 Å². The van der Waals surface area contributed by atoms with Gasteiger partial charge in [-0.15, -0.1) is 0 Å². The van der Waals surface area contributed by atoms with Crippen LogP contribution in [0, 0.1) is 13.8 Å². The highest BCUT2D eigenvalue weighted by Gasteiger charge is 2.06. The van der Waals surface area contributed by atoms with Gasteiger partial charge in [0.25, 0.3) is 0 Å². The lowest BCUT2D eigenvalue weighted by atomic mass is 10.1. The fourth-order valence-corrected chi connectivity index (χ4v) is 2.28. The molecule has 1 amide bonds. The largest absolute Gasteiger partial charge is 0.339 e. The van der Waals surface area contributed by atoms with E-state index in [9.17, 15) is 4.79 Å². The normalized spacial score (nSPS) is 10.4. The Balaban J connectivity index is 1.75. The molecule has 0 fully saturated rings. The number of benzene rings is 1. The van der Waals surface area contributed by atoms with Crippen LogP contribution in [0.3, 0.4) is 0 Å². The van der Waals surface area contributed by atoms with Crippen LogP contribution >= 0.6 is 0 Å². The number of aromatic nitrogens is 4. The summed E-state index contributed by atoms with van der Waals surface area (Å²) in [5.74, 6) is 1.40. The molecule has 0 bridgehead atoms. The molecule has 0 spiro atoms. The Labute approximate surface area is 150 Å². The number of anilines is 5. The van der Waals surface area contributed by atoms with E-state index < -0.39 is 0 Å². The molecule has 9 heteroatoms. The third kappa shape index (κ3) is 4.33.